The first-order valence-electron chi connectivity index (χ1n) is 6.62. The molecule has 2 rings (SSSR count). The third-order valence-corrected chi connectivity index (χ3v) is 3.47. The Morgan fingerprint density at radius 3 is 2.62 bits per heavy atom. The van der Waals surface area contributed by atoms with Gasteiger partial charge >= 0.3 is 6.18 Å². The maximum Gasteiger partial charge on any atom is 0.417 e. The number of hydrogen-bond donors (Lipinski definition) is 0. The minimum atomic E-state index is -4.47. The standard InChI is InChI=1S/C14H15F3N2O2/c1-9(20)7-11-3-2-6-19(11)13(21)12-5-4-10(8-18-12)14(15,16)17/h4-5,8,11H,2-3,6-7H2,1H3. The molecular formula is C14H15F3N2O2. The molecule has 0 saturated carbocycles. The Hall–Kier alpha value is -1.92. The molecule has 1 aromatic heterocycles. The summed E-state index contributed by atoms with van der Waals surface area (Å²) in [5.74, 6) is -0.437. The maximum absolute atomic E-state index is 12.5. The van der Waals surface area contributed by atoms with Crippen LogP contribution >= 0.6 is 0 Å². The van der Waals surface area contributed by atoms with Gasteiger partial charge < -0.3 is 4.90 Å². The van der Waals surface area contributed by atoms with Crippen LogP contribution in [-0.4, -0.2) is 34.2 Å². The molecule has 0 bridgehead atoms. The lowest BCUT2D eigenvalue weighted by Gasteiger charge is -2.23. The molecule has 1 aromatic rings. The van der Waals surface area contributed by atoms with Crippen LogP contribution in [0.1, 0.15) is 42.2 Å². The van der Waals surface area contributed by atoms with Crippen molar-refractivity contribution in [1.29, 1.82) is 0 Å². The molecule has 114 valence electrons. The van der Waals surface area contributed by atoms with Crippen LogP contribution in [0.5, 0.6) is 0 Å². The van der Waals surface area contributed by atoms with E-state index >= 15 is 0 Å². The summed E-state index contributed by atoms with van der Waals surface area (Å²) in [5.41, 5.74) is -0.917. The van der Waals surface area contributed by atoms with Gasteiger partial charge in [-0.3, -0.25) is 14.6 Å². The molecule has 0 radical (unpaired) electrons. The first-order valence-corrected chi connectivity index (χ1v) is 6.62. The predicted octanol–water partition coefficient (Wildman–Crippen LogP) is 2.68. The number of carbonyl (C=O) groups is 2. The van der Waals surface area contributed by atoms with Crippen molar-refractivity contribution in [3.63, 3.8) is 0 Å². The van der Waals surface area contributed by atoms with E-state index in [-0.39, 0.29) is 23.9 Å². The molecule has 0 aromatic carbocycles. The third-order valence-electron chi connectivity index (χ3n) is 3.47. The number of aromatic nitrogens is 1. The maximum atomic E-state index is 12.5. The molecule has 0 N–H and O–H groups in total. The lowest BCUT2D eigenvalue weighted by atomic mass is 10.1. The Bertz CT molecular complexity index is 540. The summed E-state index contributed by atoms with van der Waals surface area (Å²) in [4.78, 5) is 28.6. The fourth-order valence-electron chi connectivity index (χ4n) is 2.48. The number of alkyl halides is 3. The molecule has 1 atom stereocenters. The molecule has 1 amide bonds. The van der Waals surface area contributed by atoms with E-state index in [0.717, 1.165) is 25.0 Å². The molecular weight excluding hydrogens is 285 g/mol. The van der Waals surface area contributed by atoms with Gasteiger partial charge in [0.1, 0.15) is 11.5 Å². The lowest BCUT2D eigenvalue weighted by molar-refractivity contribution is -0.137. The number of likely N-dealkylation sites (tertiary alicyclic amines) is 1. The van der Waals surface area contributed by atoms with Crippen molar-refractivity contribution in [2.75, 3.05) is 6.54 Å². The highest BCUT2D eigenvalue weighted by Crippen LogP contribution is 2.29. The highest BCUT2D eigenvalue weighted by atomic mass is 19.4. The van der Waals surface area contributed by atoms with Crippen LogP contribution in [0, 0.1) is 0 Å². The first kappa shape index (κ1) is 15.5. The first-order chi connectivity index (χ1) is 9.79. The van der Waals surface area contributed by atoms with Crippen molar-refractivity contribution in [1.82, 2.24) is 9.88 Å². The summed E-state index contributed by atoms with van der Waals surface area (Å²) in [6.45, 7) is 1.96. The molecule has 4 nitrogen and oxygen atoms in total. The molecule has 1 aliphatic rings. The molecule has 1 fully saturated rings. The van der Waals surface area contributed by atoms with Gasteiger partial charge in [0.2, 0.25) is 0 Å². The van der Waals surface area contributed by atoms with E-state index in [9.17, 15) is 22.8 Å². The quantitative estimate of drug-likeness (QED) is 0.862. The average Bonchev–Trinajstić information content (AvgIpc) is 2.84. The number of amides is 1. The van der Waals surface area contributed by atoms with Crippen molar-refractivity contribution in [2.45, 2.75) is 38.4 Å². The van der Waals surface area contributed by atoms with Crippen molar-refractivity contribution in [3.8, 4) is 0 Å². The van der Waals surface area contributed by atoms with Gasteiger partial charge in [0.25, 0.3) is 5.91 Å². The fraction of sp³-hybridized carbons (Fsp3) is 0.500. The number of nitrogens with zero attached hydrogens (tertiary/aromatic N) is 2. The second kappa shape index (κ2) is 5.83. The van der Waals surface area contributed by atoms with Crippen molar-refractivity contribution < 1.29 is 22.8 Å². The van der Waals surface area contributed by atoms with Gasteiger partial charge in [-0.2, -0.15) is 13.2 Å². The summed E-state index contributed by atoms with van der Waals surface area (Å²) in [6.07, 6.45) is -2.04. The normalized spacial score (nSPS) is 18.9. The van der Waals surface area contributed by atoms with Crippen LogP contribution in [0.25, 0.3) is 0 Å². The van der Waals surface area contributed by atoms with E-state index in [1.165, 1.54) is 11.8 Å². The third kappa shape index (κ3) is 3.59. The second-order valence-corrected chi connectivity index (χ2v) is 5.13. The number of hydrogen-bond acceptors (Lipinski definition) is 3. The van der Waals surface area contributed by atoms with E-state index in [1.807, 2.05) is 0 Å². The number of carbonyl (C=O) groups excluding carboxylic acids is 2. The van der Waals surface area contributed by atoms with Gasteiger partial charge in [-0.1, -0.05) is 0 Å². The molecule has 1 saturated heterocycles. The summed E-state index contributed by atoms with van der Waals surface area (Å²) in [6, 6.07) is 1.74. The number of rotatable bonds is 3. The number of ketones is 1. The molecule has 2 heterocycles. The zero-order valence-corrected chi connectivity index (χ0v) is 11.5. The Morgan fingerprint density at radius 1 is 1.38 bits per heavy atom. The van der Waals surface area contributed by atoms with Crippen LogP contribution in [0.2, 0.25) is 0 Å². The summed E-state index contributed by atoms with van der Waals surface area (Å²) < 4.78 is 37.4. The highest BCUT2D eigenvalue weighted by Gasteiger charge is 2.33. The number of halogens is 3. The van der Waals surface area contributed by atoms with E-state index in [4.69, 9.17) is 0 Å². The monoisotopic (exact) mass is 300 g/mol. The van der Waals surface area contributed by atoms with Crippen LogP contribution < -0.4 is 0 Å². The minimum Gasteiger partial charge on any atom is -0.334 e. The molecule has 0 aliphatic carbocycles. The van der Waals surface area contributed by atoms with Crippen LogP contribution in [0.3, 0.4) is 0 Å². The van der Waals surface area contributed by atoms with Crippen molar-refractivity contribution in [2.24, 2.45) is 0 Å². The van der Waals surface area contributed by atoms with Crippen LogP contribution in [0.4, 0.5) is 13.2 Å². The Kier molecular flexibility index (Phi) is 4.29. The van der Waals surface area contributed by atoms with Crippen LogP contribution in [-0.2, 0) is 11.0 Å². The van der Waals surface area contributed by atoms with E-state index in [1.54, 1.807) is 0 Å². The Balaban J connectivity index is 2.14. The van der Waals surface area contributed by atoms with Gasteiger partial charge in [0, 0.05) is 25.2 Å². The summed E-state index contributed by atoms with van der Waals surface area (Å²) in [5, 5.41) is 0. The van der Waals surface area contributed by atoms with Gasteiger partial charge in [-0.05, 0) is 31.9 Å². The average molecular weight is 300 g/mol. The van der Waals surface area contributed by atoms with Gasteiger partial charge in [0.15, 0.2) is 0 Å². The number of Topliss-reactive ketones (excluding diaryl/α,β-unsaturated/α-hetero) is 1. The molecule has 1 aliphatic heterocycles. The molecule has 21 heavy (non-hydrogen) atoms. The van der Waals surface area contributed by atoms with Gasteiger partial charge in [-0.15, -0.1) is 0 Å². The smallest absolute Gasteiger partial charge is 0.334 e. The number of pyridine rings is 1. The largest absolute Gasteiger partial charge is 0.417 e. The van der Waals surface area contributed by atoms with Gasteiger partial charge in [-0.25, -0.2) is 0 Å². The topological polar surface area (TPSA) is 50.3 Å². The van der Waals surface area contributed by atoms with Gasteiger partial charge in [0.05, 0.1) is 5.56 Å². The van der Waals surface area contributed by atoms with E-state index in [2.05, 4.69) is 4.98 Å². The fourth-order valence-corrected chi connectivity index (χ4v) is 2.48. The molecule has 1 unspecified atom stereocenters. The molecule has 0 spiro atoms. The Morgan fingerprint density at radius 2 is 2.10 bits per heavy atom. The molecule has 7 heteroatoms. The summed E-state index contributed by atoms with van der Waals surface area (Å²) >= 11 is 0. The SMILES string of the molecule is CC(=O)CC1CCCN1C(=O)c1ccc(C(F)(F)F)cn1. The van der Waals surface area contributed by atoms with Crippen LogP contribution in [0.15, 0.2) is 18.3 Å². The van der Waals surface area contributed by atoms with E-state index < -0.39 is 17.6 Å². The zero-order chi connectivity index (χ0) is 15.6. The minimum absolute atomic E-state index is 0.0138. The van der Waals surface area contributed by atoms with E-state index in [0.29, 0.717) is 12.7 Å². The lowest BCUT2D eigenvalue weighted by Crippen LogP contribution is -2.37. The second-order valence-electron chi connectivity index (χ2n) is 5.13. The van der Waals surface area contributed by atoms with Crippen molar-refractivity contribution in [3.05, 3.63) is 29.6 Å². The summed E-state index contributed by atoms with van der Waals surface area (Å²) in [7, 11) is 0. The Labute approximate surface area is 120 Å². The van der Waals surface area contributed by atoms with Crippen molar-refractivity contribution >= 4 is 11.7 Å². The highest BCUT2D eigenvalue weighted by molar-refractivity contribution is 5.93. The zero-order valence-electron chi connectivity index (χ0n) is 11.5. The predicted molar refractivity (Wildman–Crippen MR) is 68.6 cm³/mol.